The summed E-state index contributed by atoms with van der Waals surface area (Å²) in [5.74, 6) is 0.938. The molecular weight excluding hydrogens is 290 g/mol. The van der Waals surface area contributed by atoms with Crippen LogP contribution < -0.4 is 15.5 Å². The lowest BCUT2D eigenvalue weighted by molar-refractivity contribution is -0.933. The molecule has 2 rings (SSSR count). The first-order valence-electron chi connectivity index (χ1n) is 8.49. The van der Waals surface area contributed by atoms with E-state index >= 15 is 0 Å². The van der Waals surface area contributed by atoms with Crippen LogP contribution in [0.2, 0.25) is 0 Å². The van der Waals surface area contributed by atoms with Gasteiger partial charge in [0.05, 0.1) is 13.1 Å². The number of benzene rings is 1. The van der Waals surface area contributed by atoms with Crippen LogP contribution in [0.4, 0.5) is 4.79 Å². The molecule has 5 nitrogen and oxygen atoms in total. The lowest BCUT2D eigenvalue weighted by Crippen LogP contribution is -3.15. The molecule has 1 aliphatic heterocycles. The smallest absolute Gasteiger partial charge is 0.321 e. The van der Waals surface area contributed by atoms with Crippen LogP contribution in [0.25, 0.3) is 0 Å². The molecule has 0 radical (unpaired) electrons. The third-order valence-corrected chi connectivity index (χ3v) is 4.40. The predicted molar refractivity (Wildman–Crippen MR) is 90.0 cm³/mol. The largest absolute Gasteiger partial charge is 0.338 e. The van der Waals surface area contributed by atoms with Crippen LogP contribution in [0.3, 0.4) is 0 Å². The van der Waals surface area contributed by atoms with Gasteiger partial charge >= 0.3 is 6.03 Å². The van der Waals surface area contributed by atoms with E-state index in [0.29, 0.717) is 18.4 Å². The molecule has 1 aliphatic rings. The van der Waals surface area contributed by atoms with Crippen LogP contribution in [0.15, 0.2) is 30.3 Å². The van der Waals surface area contributed by atoms with Crippen molar-refractivity contribution in [2.45, 2.75) is 33.2 Å². The summed E-state index contributed by atoms with van der Waals surface area (Å²) in [6.07, 6.45) is 1.20. The summed E-state index contributed by atoms with van der Waals surface area (Å²) in [6.45, 7) is 8.70. The maximum atomic E-state index is 12.7. The number of imide groups is 1. The van der Waals surface area contributed by atoms with Crippen molar-refractivity contribution in [1.29, 1.82) is 0 Å². The average molecular weight is 318 g/mol. The molecule has 1 heterocycles. The number of amides is 3. The quantitative estimate of drug-likeness (QED) is 0.779. The summed E-state index contributed by atoms with van der Waals surface area (Å²) < 4.78 is 0. The second-order valence-electron chi connectivity index (χ2n) is 6.70. The van der Waals surface area contributed by atoms with Crippen molar-refractivity contribution in [1.82, 2.24) is 10.6 Å². The van der Waals surface area contributed by atoms with Gasteiger partial charge in [0.1, 0.15) is 0 Å². The van der Waals surface area contributed by atoms with Crippen molar-refractivity contribution in [3.05, 3.63) is 35.9 Å². The molecule has 0 aliphatic carbocycles. The molecule has 0 unspecified atom stereocenters. The van der Waals surface area contributed by atoms with E-state index in [4.69, 9.17) is 0 Å². The van der Waals surface area contributed by atoms with Gasteiger partial charge < -0.3 is 10.2 Å². The summed E-state index contributed by atoms with van der Waals surface area (Å²) in [6, 6.07) is 9.01. The highest BCUT2D eigenvalue weighted by Gasteiger charge is 2.37. The van der Waals surface area contributed by atoms with Gasteiger partial charge in [0.15, 0.2) is 6.04 Å². The van der Waals surface area contributed by atoms with Crippen LogP contribution >= 0.6 is 0 Å². The van der Waals surface area contributed by atoms with Crippen LogP contribution in [-0.2, 0) is 4.79 Å². The van der Waals surface area contributed by atoms with Gasteiger partial charge in [-0.15, -0.1) is 0 Å². The lowest BCUT2D eigenvalue weighted by atomic mass is 9.89. The van der Waals surface area contributed by atoms with Gasteiger partial charge in [-0.25, -0.2) is 4.79 Å². The highest BCUT2D eigenvalue weighted by Crippen LogP contribution is 2.17. The first kappa shape index (κ1) is 17.5. The van der Waals surface area contributed by atoms with E-state index in [2.05, 4.69) is 24.5 Å². The Morgan fingerprint density at radius 2 is 1.78 bits per heavy atom. The van der Waals surface area contributed by atoms with E-state index in [9.17, 15) is 9.59 Å². The molecule has 0 bridgehead atoms. The SMILES string of the molecule is CCNC(=O)NC(=O)[C@H](c1ccccc1)[NH+]1C[C@@H](C)C[C@H](C)C1. The topological polar surface area (TPSA) is 62.6 Å². The molecule has 5 heteroatoms. The Balaban J connectivity index is 2.21. The molecule has 3 N–H and O–H groups in total. The maximum absolute atomic E-state index is 12.7. The number of carbonyl (C=O) groups is 2. The van der Waals surface area contributed by atoms with Gasteiger partial charge in [0.2, 0.25) is 0 Å². The Morgan fingerprint density at radius 3 is 2.35 bits per heavy atom. The van der Waals surface area contributed by atoms with Crippen LogP contribution in [0.1, 0.15) is 38.8 Å². The predicted octanol–water partition coefficient (Wildman–Crippen LogP) is 1.13. The first-order valence-corrected chi connectivity index (χ1v) is 8.49. The van der Waals surface area contributed by atoms with Crippen molar-refractivity contribution in [3.63, 3.8) is 0 Å². The number of hydrogen-bond donors (Lipinski definition) is 3. The zero-order valence-corrected chi connectivity index (χ0v) is 14.3. The van der Waals surface area contributed by atoms with Crippen molar-refractivity contribution in [2.24, 2.45) is 11.8 Å². The van der Waals surface area contributed by atoms with Crippen LogP contribution in [-0.4, -0.2) is 31.6 Å². The molecule has 1 saturated heterocycles. The second kappa shape index (κ2) is 8.11. The van der Waals surface area contributed by atoms with E-state index in [1.54, 1.807) is 0 Å². The third-order valence-electron chi connectivity index (χ3n) is 4.40. The summed E-state index contributed by atoms with van der Waals surface area (Å²) >= 11 is 0. The molecule has 0 aromatic heterocycles. The molecule has 1 fully saturated rings. The summed E-state index contributed by atoms with van der Waals surface area (Å²) in [5, 5.41) is 5.12. The van der Waals surface area contributed by atoms with Crippen molar-refractivity contribution < 1.29 is 14.5 Å². The Labute approximate surface area is 138 Å². The van der Waals surface area contributed by atoms with E-state index in [1.165, 1.54) is 11.3 Å². The highest BCUT2D eigenvalue weighted by molar-refractivity contribution is 5.96. The highest BCUT2D eigenvalue weighted by atomic mass is 16.2. The normalized spacial score (nSPS) is 25.4. The number of likely N-dealkylation sites (tertiary alicyclic amines) is 1. The molecule has 23 heavy (non-hydrogen) atoms. The molecule has 0 saturated carbocycles. The number of quaternary nitrogens is 1. The molecule has 3 amide bonds. The average Bonchev–Trinajstić information content (AvgIpc) is 2.47. The van der Waals surface area contributed by atoms with Gasteiger partial charge in [0, 0.05) is 23.9 Å². The Hall–Kier alpha value is -1.88. The second-order valence-corrected chi connectivity index (χ2v) is 6.70. The van der Waals surface area contributed by atoms with E-state index < -0.39 is 6.03 Å². The summed E-state index contributed by atoms with van der Waals surface area (Å²) in [4.78, 5) is 25.7. The minimum atomic E-state index is -0.420. The maximum Gasteiger partial charge on any atom is 0.321 e. The number of hydrogen-bond acceptors (Lipinski definition) is 2. The number of carbonyl (C=O) groups excluding carboxylic acids is 2. The summed E-state index contributed by atoms with van der Waals surface area (Å²) in [7, 11) is 0. The monoisotopic (exact) mass is 318 g/mol. The molecule has 0 spiro atoms. The van der Waals surface area contributed by atoms with Crippen molar-refractivity contribution in [2.75, 3.05) is 19.6 Å². The zero-order valence-electron chi connectivity index (χ0n) is 14.3. The van der Waals surface area contributed by atoms with E-state index in [0.717, 1.165) is 18.7 Å². The van der Waals surface area contributed by atoms with Crippen molar-refractivity contribution >= 4 is 11.9 Å². The van der Waals surface area contributed by atoms with E-state index in [-0.39, 0.29) is 11.9 Å². The van der Waals surface area contributed by atoms with Gasteiger partial charge in [-0.1, -0.05) is 44.2 Å². The van der Waals surface area contributed by atoms with Gasteiger partial charge in [0.25, 0.3) is 5.91 Å². The number of piperidine rings is 1. The first-order chi connectivity index (χ1) is 11.0. The van der Waals surface area contributed by atoms with E-state index in [1.807, 2.05) is 37.3 Å². The van der Waals surface area contributed by atoms with Crippen LogP contribution in [0, 0.1) is 11.8 Å². The van der Waals surface area contributed by atoms with Crippen LogP contribution in [0.5, 0.6) is 0 Å². The van der Waals surface area contributed by atoms with Gasteiger partial charge in [-0.05, 0) is 13.3 Å². The number of rotatable bonds is 4. The standard InChI is InChI=1S/C18H27N3O2/c1-4-19-18(23)20-17(22)16(15-8-6-5-7-9-15)21-11-13(2)10-14(3)12-21/h5-9,13-14,16H,4,10-12H2,1-3H3,(H2,19,20,22,23)/p+1/t13-,14-,16-/m0/s1. The Kier molecular flexibility index (Phi) is 6.16. The van der Waals surface area contributed by atoms with Gasteiger partial charge in [-0.2, -0.15) is 0 Å². The zero-order chi connectivity index (χ0) is 16.8. The molecule has 1 aromatic carbocycles. The fraction of sp³-hybridized carbons (Fsp3) is 0.556. The Morgan fingerprint density at radius 1 is 1.17 bits per heavy atom. The number of urea groups is 1. The minimum absolute atomic E-state index is 0.224. The molecule has 1 aromatic rings. The third kappa shape index (κ3) is 4.79. The molecular formula is C18H28N3O2+. The fourth-order valence-corrected chi connectivity index (χ4v) is 3.67. The minimum Gasteiger partial charge on any atom is -0.338 e. The molecule has 126 valence electrons. The fourth-order valence-electron chi connectivity index (χ4n) is 3.67. The van der Waals surface area contributed by atoms with Gasteiger partial charge in [-0.3, -0.25) is 10.1 Å². The molecule has 3 atom stereocenters. The summed E-state index contributed by atoms with van der Waals surface area (Å²) in [5.41, 5.74) is 0.964. The Bertz CT molecular complexity index is 522. The number of nitrogens with one attached hydrogen (secondary N) is 3. The van der Waals surface area contributed by atoms with Crippen molar-refractivity contribution in [3.8, 4) is 0 Å². The lowest BCUT2D eigenvalue weighted by Gasteiger charge is -2.36.